The number of carbonyl (C=O) groups excluding carboxylic acids is 1. The third-order valence-electron chi connectivity index (χ3n) is 3.90. The zero-order valence-electron chi connectivity index (χ0n) is 13.4. The van der Waals surface area contributed by atoms with Crippen LogP contribution in [0.5, 0.6) is 0 Å². The van der Waals surface area contributed by atoms with Crippen LogP contribution < -0.4 is 5.32 Å². The molecule has 0 bridgehead atoms. The van der Waals surface area contributed by atoms with Crippen LogP contribution in [0.15, 0.2) is 24.3 Å². The van der Waals surface area contributed by atoms with Crippen molar-refractivity contribution in [3.8, 4) is 0 Å². The first-order valence-corrected chi connectivity index (χ1v) is 7.91. The van der Waals surface area contributed by atoms with Gasteiger partial charge in [-0.25, -0.2) is 0 Å². The third-order valence-corrected chi connectivity index (χ3v) is 3.90. The van der Waals surface area contributed by atoms with E-state index in [1.54, 1.807) is 0 Å². The van der Waals surface area contributed by atoms with Crippen molar-refractivity contribution in [2.75, 3.05) is 38.5 Å². The van der Waals surface area contributed by atoms with Crippen molar-refractivity contribution in [2.24, 2.45) is 0 Å². The second kappa shape index (κ2) is 7.46. The molecule has 0 spiro atoms. The van der Waals surface area contributed by atoms with Gasteiger partial charge in [0.15, 0.2) is 0 Å². The number of para-hydroxylation sites is 1. The number of hydrogen-bond acceptors (Lipinski definition) is 3. The van der Waals surface area contributed by atoms with Gasteiger partial charge in [0.2, 0.25) is 0 Å². The van der Waals surface area contributed by atoms with Crippen LogP contribution in [0.25, 0.3) is 0 Å². The second-order valence-electron chi connectivity index (χ2n) is 6.12. The minimum absolute atomic E-state index is 0.0953. The molecule has 1 N–H and O–H groups in total. The quantitative estimate of drug-likeness (QED) is 0.874. The van der Waals surface area contributed by atoms with Crippen molar-refractivity contribution < 1.29 is 4.79 Å². The number of hydrogen-bond donors (Lipinski definition) is 1. The molecule has 1 aliphatic heterocycles. The Bertz CT molecular complexity index is 467. The van der Waals surface area contributed by atoms with Gasteiger partial charge >= 0.3 is 0 Å². The first-order valence-electron chi connectivity index (χ1n) is 7.91. The number of likely N-dealkylation sites (N-methyl/N-ethyl adjacent to an activating group) is 1. The first-order chi connectivity index (χ1) is 10.1. The minimum atomic E-state index is 0.0953. The predicted molar refractivity (Wildman–Crippen MR) is 87.8 cm³/mol. The Kier molecular flexibility index (Phi) is 5.62. The molecule has 116 valence electrons. The van der Waals surface area contributed by atoms with Crippen molar-refractivity contribution >= 4 is 11.6 Å². The molecule has 1 aromatic rings. The number of nitrogens with zero attached hydrogens (tertiary/aromatic N) is 2. The van der Waals surface area contributed by atoms with Gasteiger partial charge < -0.3 is 15.1 Å². The molecule has 0 aromatic heterocycles. The molecule has 0 saturated carbocycles. The van der Waals surface area contributed by atoms with Gasteiger partial charge in [0.1, 0.15) is 0 Å². The third kappa shape index (κ3) is 4.46. The SMILES string of the molecule is CC(C)Nc1ccccc1C(=O)N(C)CCN1CCCC1. The summed E-state index contributed by atoms with van der Waals surface area (Å²) in [6.07, 6.45) is 2.58. The highest BCUT2D eigenvalue weighted by Crippen LogP contribution is 2.18. The highest BCUT2D eigenvalue weighted by atomic mass is 16.2. The minimum Gasteiger partial charge on any atom is -0.382 e. The van der Waals surface area contributed by atoms with Gasteiger partial charge in [0.05, 0.1) is 5.56 Å². The summed E-state index contributed by atoms with van der Waals surface area (Å²) in [6, 6.07) is 8.08. The van der Waals surface area contributed by atoms with Crippen molar-refractivity contribution in [1.29, 1.82) is 0 Å². The van der Waals surface area contributed by atoms with E-state index in [-0.39, 0.29) is 5.91 Å². The van der Waals surface area contributed by atoms with E-state index in [0.717, 1.165) is 24.3 Å². The van der Waals surface area contributed by atoms with E-state index in [1.165, 1.54) is 25.9 Å². The molecule has 1 saturated heterocycles. The molecule has 0 unspecified atom stereocenters. The lowest BCUT2D eigenvalue weighted by Crippen LogP contribution is -2.35. The molecule has 0 radical (unpaired) electrons. The van der Waals surface area contributed by atoms with Crippen molar-refractivity contribution in [3.63, 3.8) is 0 Å². The van der Waals surface area contributed by atoms with Gasteiger partial charge in [0, 0.05) is 31.9 Å². The van der Waals surface area contributed by atoms with E-state index in [1.807, 2.05) is 36.2 Å². The normalized spacial score (nSPS) is 15.4. The Hall–Kier alpha value is -1.55. The molecule has 1 fully saturated rings. The Morgan fingerprint density at radius 2 is 1.95 bits per heavy atom. The average Bonchev–Trinajstić information content (AvgIpc) is 2.97. The monoisotopic (exact) mass is 289 g/mol. The number of carbonyl (C=O) groups is 1. The topological polar surface area (TPSA) is 35.6 Å². The highest BCUT2D eigenvalue weighted by molar-refractivity contribution is 5.99. The van der Waals surface area contributed by atoms with Crippen LogP contribution >= 0.6 is 0 Å². The van der Waals surface area contributed by atoms with Crippen LogP contribution in [-0.4, -0.2) is 55.0 Å². The molecule has 1 aromatic carbocycles. The molecule has 2 rings (SSSR count). The number of likely N-dealkylation sites (tertiary alicyclic amines) is 1. The van der Waals surface area contributed by atoms with E-state index in [0.29, 0.717) is 6.04 Å². The van der Waals surface area contributed by atoms with E-state index >= 15 is 0 Å². The second-order valence-corrected chi connectivity index (χ2v) is 6.12. The summed E-state index contributed by atoms with van der Waals surface area (Å²) in [5.41, 5.74) is 1.68. The molecule has 1 aliphatic rings. The van der Waals surface area contributed by atoms with Gasteiger partial charge in [-0.05, 0) is 51.9 Å². The summed E-state index contributed by atoms with van der Waals surface area (Å²) in [7, 11) is 1.89. The summed E-state index contributed by atoms with van der Waals surface area (Å²) < 4.78 is 0. The van der Waals surface area contributed by atoms with E-state index in [4.69, 9.17) is 0 Å². The summed E-state index contributed by atoms with van der Waals surface area (Å²) in [6.45, 7) is 8.27. The van der Waals surface area contributed by atoms with Crippen LogP contribution in [0.2, 0.25) is 0 Å². The number of anilines is 1. The van der Waals surface area contributed by atoms with Crippen molar-refractivity contribution in [3.05, 3.63) is 29.8 Å². The lowest BCUT2D eigenvalue weighted by atomic mass is 10.1. The maximum absolute atomic E-state index is 12.6. The zero-order chi connectivity index (χ0) is 15.2. The van der Waals surface area contributed by atoms with Crippen molar-refractivity contribution in [2.45, 2.75) is 32.7 Å². The van der Waals surface area contributed by atoms with E-state index in [9.17, 15) is 4.79 Å². The Morgan fingerprint density at radius 1 is 1.29 bits per heavy atom. The van der Waals surface area contributed by atoms with Crippen LogP contribution in [0.3, 0.4) is 0 Å². The molecule has 4 nitrogen and oxygen atoms in total. The van der Waals surface area contributed by atoms with Crippen LogP contribution in [0.4, 0.5) is 5.69 Å². The van der Waals surface area contributed by atoms with E-state index < -0.39 is 0 Å². The van der Waals surface area contributed by atoms with Gasteiger partial charge in [-0.1, -0.05) is 12.1 Å². The first kappa shape index (κ1) is 15.8. The maximum Gasteiger partial charge on any atom is 0.255 e. The summed E-state index contributed by atoms with van der Waals surface area (Å²) >= 11 is 0. The van der Waals surface area contributed by atoms with Crippen LogP contribution in [0, 0.1) is 0 Å². The maximum atomic E-state index is 12.6. The molecule has 4 heteroatoms. The van der Waals surface area contributed by atoms with Gasteiger partial charge in [-0.3, -0.25) is 4.79 Å². The van der Waals surface area contributed by atoms with Crippen molar-refractivity contribution in [1.82, 2.24) is 9.80 Å². The number of nitrogens with one attached hydrogen (secondary N) is 1. The van der Waals surface area contributed by atoms with Crippen LogP contribution in [0.1, 0.15) is 37.0 Å². The Morgan fingerprint density at radius 3 is 2.62 bits per heavy atom. The molecule has 1 heterocycles. The average molecular weight is 289 g/mol. The smallest absolute Gasteiger partial charge is 0.255 e. The lowest BCUT2D eigenvalue weighted by molar-refractivity contribution is 0.0783. The lowest BCUT2D eigenvalue weighted by Gasteiger charge is -2.23. The fraction of sp³-hybridized carbons (Fsp3) is 0.588. The molecule has 1 amide bonds. The summed E-state index contributed by atoms with van der Waals surface area (Å²) in [4.78, 5) is 16.9. The van der Waals surface area contributed by atoms with Gasteiger partial charge in [-0.2, -0.15) is 0 Å². The Balaban J connectivity index is 1.97. The van der Waals surface area contributed by atoms with Gasteiger partial charge in [0.25, 0.3) is 5.91 Å². The zero-order valence-corrected chi connectivity index (χ0v) is 13.4. The fourth-order valence-corrected chi connectivity index (χ4v) is 2.71. The molecular formula is C17H27N3O. The number of rotatable bonds is 6. The Labute approximate surface area is 128 Å². The predicted octanol–water partition coefficient (Wildman–Crippen LogP) is 2.67. The molecule has 0 atom stereocenters. The molecule has 21 heavy (non-hydrogen) atoms. The fourth-order valence-electron chi connectivity index (χ4n) is 2.71. The molecular weight excluding hydrogens is 262 g/mol. The standard InChI is InChI=1S/C17H27N3O/c1-14(2)18-16-9-5-4-8-15(16)17(21)19(3)12-13-20-10-6-7-11-20/h4-5,8-9,14,18H,6-7,10-13H2,1-3H3. The summed E-state index contributed by atoms with van der Waals surface area (Å²) in [5, 5.41) is 3.35. The van der Waals surface area contributed by atoms with Crippen LogP contribution in [-0.2, 0) is 0 Å². The number of benzene rings is 1. The largest absolute Gasteiger partial charge is 0.382 e. The highest BCUT2D eigenvalue weighted by Gasteiger charge is 2.17. The molecule has 0 aliphatic carbocycles. The van der Waals surface area contributed by atoms with E-state index in [2.05, 4.69) is 24.1 Å². The summed E-state index contributed by atoms with van der Waals surface area (Å²) in [5.74, 6) is 0.0953. The number of amides is 1. The van der Waals surface area contributed by atoms with Gasteiger partial charge in [-0.15, -0.1) is 0 Å².